The average molecular weight is 182 g/mol. The molecule has 0 radical (unpaired) electrons. The molecule has 0 saturated heterocycles. The highest BCUT2D eigenvalue weighted by Gasteiger charge is 1.97. The van der Waals surface area contributed by atoms with Gasteiger partial charge in [-0.1, -0.05) is 6.92 Å². The summed E-state index contributed by atoms with van der Waals surface area (Å²) in [4.78, 5) is 0. The zero-order chi connectivity index (χ0) is 7.11. The normalized spacial score (nSPS) is 13.7. The van der Waals surface area contributed by atoms with Gasteiger partial charge in [0.05, 0.1) is 0 Å². The van der Waals surface area contributed by atoms with Crippen molar-refractivity contribution in [2.75, 3.05) is 17.3 Å². The summed E-state index contributed by atoms with van der Waals surface area (Å²) in [7, 11) is 0. The van der Waals surface area contributed by atoms with Crippen molar-refractivity contribution in [3.8, 4) is 0 Å². The zero-order valence-electron chi connectivity index (χ0n) is 5.71. The highest BCUT2D eigenvalue weighted by atomic mass is 32.2. The van der Waals surface area contributed by atoms with Crippen molar-refractivity contribution in [3.05, 3.63) is 0 Å². The van der Waals surface area contributed by atoms with Gasteiger partial charge in [-0.05, 0) is 17.9 Å². The Morgan fingerprint density at radius 2 is 2.22 bits per heavy atom. The lowest BCUT2D eigenvalue weighted by molar-refractivity contribution is 0.937. The molecule has 0 rings (SSSR count). The summed E-state index contributed by atoms with van der Waals surface area (Å²) >= 11 is 10.4. The summed E-state index contributed by atoms with van der Waals surface area (Å²) in [6.45, 7) is 2.18. The Morgan fingerprint density at radius 3 is 2.67 bits per heavy atom. The number of hydrogen-bond donors (Lipinski definition) is 2. The predicted molar refractivity (Wildman–Crippen MR) is 54.2 cm³/mol. The number of rotatable bonds is 5. The van der Waals surface area contributed by atoms with Gasteiger partial charge in [0.25, 0.3) is 0 Å². The molecule has 0 nitrogen and oxygen atoms in total. The van der Waals surface area contributed by atoms with Crippen molar-refractivity contribution in [1.29, 1.82) is 0 Å². The van der Waals surface area contributed by atoms with E-state index >= 15 is 0 Å². The molecule has 0 heterocycles. The van der Waals surface area contributed by atoms with E-state index in [2.05, 4.69) is 32.2 Å². The second kappa shape index (κ2) is 7.16. The lowest BCUT2D eigenvalue weighted by Gasteiger charge is -2.04. The van der Waals surface area contributed by atoms with Crippen LogP contribution in [0.3, 0.4) is 0 Å². The van der Waals surface area contributed by atoms with Crippen LogP contribution in [0.5, 0.6) is 0 Å². The largest absolute Gasteiger partial charge is 0.178 e. The summed E-state index contributed by atoms with van der Waals surface area (Å²) in [6, 6.07) is 0. The number of hydrogen-bond acceptors (Lipinski definition) is 3. The average Bonchev–Trinajstić information content (AvgIpc) is 1.89. The van der Waals surface area contributed by atoms with Crippen molar-refractivity contribution in [2.45, 2.75) is 18.6 Å². The van der Waals surface area contributed by atoms with Gasteiger partial charge in [-0.2, -0.15) is 37.0 Å². The monoisotopic (exact) mass is 182 g/mol. The third-order valence-corrected chi connectivity index (χ3v) is 3.11. The second-order valence-electron chi connectivity index (χ2n) is 1.82. The molecule has 0 aliphatic heterocycles. The van der Waals surface area contributed by atoms with E-state index in [1.807, 2.05) is 11.8 Å². The fourth-order valence-corrected chi connectivity index (χ4v) is 1.68. The molecule has 1 unspecified atom stereocenters. The Morgan fingerprint density at radius 1 is 1.56 bits per heavy atom. The van der Waals surface area contributed by atoms with Crippen LogP contribution in [0.15, 0.2) is 0 Å². The van der Waals surface area contributed by atoms with Gasteiger partial charge in [0, 0.05) is 11.0 Å². The molecule has 9 heavy (non-hydrogen) atoms. The van der Waals surface area contributed by atoms with Crippen LogP contribution in [-0.2, 0) is 0 Å². The van der Waals surface area contributed by atoms with Gasteiger partial charge in [-0.3, -0.25) is 0 Å². The van der Waals surface area contributed by atoms with E-state index in [1.54, 1.807) is 0 Å². The lowest BCUT2D eigenvalue weighted by atomic mass is 10.4. The van der Waals surface area contributed by atoms with Gasteiger partial charge in [-0.25, -0.2) is 0 Å². The second-order valence-corrected chi connectivity index (χ2v) is 4.31. The molecule has 56 valence electrons. The fourth-order valence-electron chi connectivity index (χ4n) is 0.455. The van der Waals surface area contributed by atoms with Gasteiger partial charge in [0.1, 0.15) is 0 Å². The van der Waals surface area contributed by atoms with Crippen LogP contribution in [-0.4, -0.2) is 22.5 Å². The first-order chi connectivity index (χ1) is 4.31. The smallest absolute Gasteiger partial charge is 0.0113 e. The van der Waals surface area contributed by atoms with E-state index in [4.69, 9.17) is 0 Å². The van der Waals surface area contributed by atoms with Crippen molar-refractivity contribution >= 4 is 37.0 Å². The highest BCUT2D eigenvalue weighted by molar-refractivity contribution is 7.99. The first-order valence-corrected chi connectivity index (χ1v) is 5.48. The maximum atomic E-state index is 4.31. The van der Waals surface area contributed by atoms with E-state index in [0.29, 0.717) is 5.25 Å². The van der Waals surface area contributed by atoms with Crippen LogP contribution in [0.2, 0.25) is 0 Å². The summed E-state index contributed by atoms with van der Waals surface area (Å²) in [5.41, 5.74) is 0. The van der Waals surface area contributed by atoms with Crippen LogP contribution in [0.1, 0.15) is 13.3 Å². The Bertz CT molecular complexity index is 56.3. The predicted octanol–water partition coefficient (Wildman–Crippen LogP) is 2.36. The summed E-state index contributed by atoms with van der Waals surface area (Å²) < 4.78 is 0. The van der Waals surface area contributed by atoms with Crippen molar-refractivity contribution < 1.29 is 0 Å². The van der Waals surface area contributed by atoms with E-state index in [9.17, 15) is 0 Å². The van der Waals surface area contributed by atoms with Crippen molar-refractivity contribution in [3.63, 3.8) is 0 Å². The van der Waals surface area contributed by atoms with Crippen molar-refractivity contribution in [2.24, 2.45) is 0 Å². The van der Waals surface area contributed by atoms with Gasteiger partial charge < -0.3 is 0 Å². The maximum Gasteiger partial charge on any atom is 0.0113 e. The summed E-state index contributed by atoms with van der Waals surface area (Å²) in [5, 5.41) is 0.493. The fraction of sp³-hybridized carbons (Fsp3) is 1.00. The first kappa shape index (κ1) is 10.0. The van der Waals surface area contributed by atoms with Crippen LogP contribution < -0.4 is 0 Å². The van der Waals surface area contributed by atoms with Gasteiger partial charge >= 0.3 is 0 Å². The number of thiol groups is 2. The molecule has 3 heteroatoms. The van der Waals surface area contributed by atoms with Crippen LogP contribution >= 0.6 is 37.0 Å². The topological polar surface area (TPSA) is 0 Å². The Hall–Kier alpha value is 1.05. The van der Waals surface area contributed by atoms with E-state index in [0.717, 1.165) is 5.75 Å². The van der Waals surface area contributed by atoms with Crippen LogP contribution in [0.25, 0.3) is 0 Å². The van der Waals surface area contributed by atoms with Crippen LogP contribution in [0, 0.1) is 0 Å². The van der Waals surface area contributed by atoms with Crippen molar-refractivity contribution in [1.82, 2.24) is 0 Å². The molecule has 0 aromatic rings. The molecule has 0 N–H and O–H groups in total. The molecule has 0 aliphatic carbocycles. The maximum absolute atomic E-state index is 4.31. The molecule has 0 aromatic carbocycles. The standard InChI is InChI=1S/C6H14S3/c1-2-9-4-3-6(8)5-7/h6-8H,2-5H2,1H3. The minimum absolute atomic E-state index is 0.493. The molecule has 0 bridgehead atoms. The molecular formula is C6H14S3. The lowest BCUT2D eigenvalue weighted by Crippen LogP contribution is -2.01. The Labute approximate surface area is 73.0 Å². The minimum Gasteiger partial charge on any atom is -0.178 e. The van der Waals surface area contributed by atoms with E-state index in [-0.39, 0.29) is 0 Å². The summed E-state index contributed by atoms with van der Waals surface area (Å²) in [6.07, 6.45) is 1.19. The van der Waals surface area contributed by atoms with Gasteiger partial charge in [0.15, 0.2) is 0 Å². The SMILES string of the molecule is CCSCCC(S)CS. The van der Waals surface area contributed by atoms with Crippen LogP contribution in [0.4, 0.5) is 0 Å². The third-order valence-electron chi connectivity index (χ3n) is 1.01. The minimum atomic E-state index is 0.493. The zero-order valence-corrected chi connectivity index (χ0v) is 8.31. The van der Waals surface area contributed by atoms with Gasteiger partial charge in [0.2, 0.25) is 0 Å². The Balaban J connectivity index is 2.88. The quantitative estimate of drug-likeness (QED) is 0.486. The number of thioether (sulfide) groups is 1. The molecule has 0 saturated carbocycles. The third kappa shape index (κ3) is 6.94. The Kier molecular flexibility index (Phi) is 8.00. The summed E-state index contributed by atoms with van der Waals surface area (Å²) in [5.74, 6) is 3.34. The first-order valence-electron chi connectivity index (χ1n) is 3.18. The molecule has 0 fully saturated rings. The molecule has 0 spiro atoms. The molecular weight excluding hydrogens is 168 g/mol. The van der Waals surface area contributed by atoms with E-state index in [1.165, 1.54) is 17.9 Å². The van der Waals surface area contributed by atoms with Gasteiger partial charge in [-0.15, -0.1) is 0 Å². The molecule has 0 aliphatic rings. The molecule has 0 amide bonds. The molecule has 0 aromatic heterocycles. The van der Waals surface area contributed by atoms with E-state index < -0.39 is 0 Å². The molecule has 1 atom stereocenters. The highest BCUT2D eigenvalue weighted by Crippen LogP contribution is 2.08.